The third-order valence-electron chi connectivity index (χ3n) is 2.15. The molecule has 5 nitrogen and oxygen atoms in total. The van der Waals surface area contributed by atoms with E-state index in [1.807, 2.05) is 0 Å². The molecule has 7 heteroatoms. The molecule has 0 aliphatic heterocycles. The van der Waals surface area contributed by atoms with Gasteiger partial charge in [-0.2, -0.15) is 10.3 Å². The van der Waals surface area contributed by atoms with Crippen molar-refractivity contribution in [2.45, 2.75) is 0 Å². The van der Waals surface area contributed by atoms with Gasteiger partial charge in [0.05, 0.1) is 10.0 Å². The van der Waals surface area contributed by atoms with Gasteiger partial charge in [-0.15, -0.1) is 5.10 Å². The summed E-state index contributed by atoms with van der Waals surface area (Å²) in [5.74, 6) is -1.14. The number of halogens is 2. The lowest BCUT2D eigenvalue weighted by Gasteiger charge is -1.97. The molecule has 0 spiro atoms. The second-order valence-electron chi connectivity index (χ2n) is 3.37. The Kier molecular flexibility index (Phi) is 3.64. The number of rotatable bonds is 3. The Morgan fingerprint density at radius 2 is 2.00 bits per heavy atom. The molecule has 2 aromatic rings. The Labute approximate surface area is 112 Å². The maximum atomic E-state index is 10.8. The van der Waals surface area contributed by atoms with Crippen molar-refractivity contribution in [2.75, 3.05) is 0 Å². The Balaban J connectivity index is 2.27. The summed E-state index contributed by atoms with van der Waals surface area (Å²) in [5, 5.41) is 19.2. The third-order valence-corrected chi connectivity index (χ3v) is 2.89. The molecule has 1 aromatic heterocycles. The molecule has 0 unspecified atom stereocenters. The SMILES string of the molecule is O=C(O)c1n[nH]nc1/C=C/c1ccc(Cl)c(Cl)c1. The van der Waals surface area contributed by atoms with Gasteiger partial charge in [-0.05, 0) is 23.8 Å². The number of carbonyl (C=O) groups is 1. The number of hydrogen-bond acceptors (Lipinski definition) is 3. The van der Waals surface area contributed by atoms with E-state index in [9.17, 15) is 4.79 Å². The molecule has 0 atom stereocenters. The molecule has 0 saturated heterocycles. The maximum absolute atomic E-state index is 10.8. The molecule has 0 radical (unpaired) electrons. The monoisotopic (exact) mass is 283 g/mol. The summed E-state index contributed by atoms with van der Waals surface area (Å²) in [6, 6.07) is 5.08. The van der Waals surface area contributed by atoms with E-state index < -0.39 is 5.97 Å². The number of aromatic carboxylic acids is 1. The molecule has 0 aliphatic carbocycles. The van der Waals surface area contributed by atoms with Crippen molar-refractivity contribution >= 4 is 41.3 Å². The summed E-state index contributed by atoms with van der Waals surface area (Å²) >= 11 is 11.6. The molecule has 92 valence electrons. The van der Waals surface area contributed by atoms with Crippen molar-refractivity contribution in [3.63, 3.8) is 0 Å². The first-order valence-corrected chi connectivity index (χ1v) is 5.60. The van der Waals surface area contributed by atoms with Gasteiger partial charge in [-0.1, -0.05) is 35.3 Å². The lowest BCUT2D eigenvalue weighted by Crippen LogP contribution is -1.98. The highest BCUT2D eigenvalue weighted by Crippen LogP contribution is 2.23. The van der Waals surface area contributed by atoms with Crippen LogP contribution in [0.15, 0.2) is 18.2 Å². The zero-order chi connectivity index (χ0) is 13.1. The van der Waals surface area contributed by atoms with E-state index in [0.717, 1.165) is 5.56 Å². The van der Waals surface area contributed by atoms with E-state index in [2.05, 4.69) is 15.4 Å². The van der Waals surface area contributed by atoms with E-state index in [-0.39, 0.29) is 11.4 Å². The number of nitrogens with one attached hydrogen (secondary N) is 1. The van der Waals surface area contributed by atoms with Gasteiger partial charge in [0.15, 0.2) is 5.69 Å². The number of benzene rings is 1. The van der Waals surface area contributed by atoms with E-state index >= 15 is 0 Å². The minimum Gasteiger partial charge on any atom is -0.476 e. The van der Waals surface area contributed by atoms with Crippen molar-refractivity contribution in [3.05, 3.63) is 45.2 Å². The van der Waals surface area contributed by atoms with Crippen LogP contribution in [0, 0.1) is 0 Å². The fourth-order valence-electron chi connectivity index (χ4n) is 1.30. The smallest absolute Gasteiger partial charge is 0.358 e. The van der Waals surface area contributed by atoms with Crippen LogP contribution in [0.1, 0.15) is 21.7 Å². The Morgan fingerprint density at radius 1 is 1.22 bits per heavy atom. The summed E-state index contributed by atoms with van der Waals surface area (Å²) in [6.07, 6.45) is 3.21. The molecule has 1 aromatic carbocycles. The number of carboxylic acids is 1. The fraction of sp³-hybridized carbons (Fsp3) is 0. The third kappa shape index (κ3) is 2.69. The number of hydrogen-bond donors (Lipinski definition) is 2. The lowest BCUT2D eigenvalue weighted by molar-refractivity contribution is 0.0690. The number of carboxylic acid groups (broad SMARTS) is 1. The number of aromatic amines is 1. The average molecular weight is 284 g/mol. The summed E-state index contributed by atoms with van der Waals surface area (Å²) in [4.78, 5) is 10.8. The van der Waals surface area contributed by atoms with Crippen LogP contribution in [-0.2, 0) is 0 Å². The molecular weight excluding hydrogens is 277 g/mol. The van der Waals surface area contributed by atoms with Crippen LogP contribution < -0.4 is 0 Å². The van der Waals surface area contributed by atoms with Crippen molar-refractivity contribution in [1.82, 2.24) is 15.4 Å². The van der Waals surface area contributed by atoms with Crippen LogP contribution in [0.2, 0.25) is 10.0 Å². The molecule has 2 rings (SSSR count). The first-order chi connectivity index (χ1) is 8.58. The molecule has 18 heavy (non-hydrogen) atoms. The van der Waals surface area contributed by atoms with E-state index in [1.165, 1.54) is 6.08 Å². The topological polar surface area (TPSA) is 78.9 Å². The fourth-order valence-corrected chi connectivity index (χ4v) is 1.61. The lowest BCUT2D eigenvalue weighted by atomic mass is 10.2. The van der Waals surface area contributed by atoms with Gasteiger partial charge in [0, 0.05) is 0 Å². The minimum atomic E-state index is -1.14. The van der Waals surface area contributed by atoms with E-state index in [1.54, 1.807) is 24.3 Å². The van der Waals surface area contributed by atoms with Crippen LogP contribution in [0.3, 0.4) is 0 Å². The van der Waals surface area contributed by atoms with Crippen LogP contribution in [0.5, 0.6) is 0 Å². The zero-order valence-corrected chi connectivity index (χ0v) is 10.4. The predicted octanol–water partition coefficient (Wildman–Crippen LogP) is 2.98. The second kappa shape index (κ2) is 5.20. The molecule has 0 amide bonds. The maximum Gasteiger partial charge on any atom is 0.358 e. The van der Waals surface area contributed by atoms with Crippen molar-refractivity contribution in [3.8, 4) is 0 Å². The standard InChI is InChI=1S/C11H7Cl2N3O2/c12-7-3-1-6(5-8(7)13)2-4-9-10(11(17)18)15-16-14-9/h1-5H,(H,17,18)(H,14,15,16)/b4-2+. The van der Waals surface area contributed by atoms with E-state index in [4.69, 9.17) is 28.3 Å². The molecule has 0 saturated carbocycles. The molecule has 2 N–H and O–H groups in total. The average Bonchev–Trinajstić information content (AvgIpc) is 2.79. The van der Waals surface area contributed by atoms with Gasteiger partial charge >= 0.3 is 5.97 Å². The molecular formula is C11H7Cl2N3O2. The van der Waals surface area contributed by atoms with Gasteiger partial charge in [0.2, 0.25) is 0 Å². The molecule has 1 heterocycles. The molecule has 0 bridgehead atoms. The van der Waals surface area contributed by atoms with Crippen molar-refractivity contribution < 1.29 is 9.90 Å². The van der Waals surface area contributed by atoms with Gasteiger partial charge in [0.25, 0.3) is 0 Å². The van der Waals surface area contributed by atoms with Crippen LogP contribution in [0.25, 0.3) is 12.2 Å². The van der Waals surface area contributed by atoms with E-state index in [0.29, 0.717) is 10.0 Å². The van der Waals surface area contributed by atoms with Gasteiger partial charge in [0.1, 0.15) is 5.69 Å². The highest BCUT2D eigenvalue weighted by molar-refractivity contribution is 6.42. The zero-order valence-electron chi connectivity index (χ0n) is 8.89. The summed E-state index contributed by atoms with van der Waals surface area (Å²) in [5.41, 5.74) is 0.892. The quantitative estimate of drug-likeness (QED) is 0.908. The highest BCUT2D eigenvalue weighted by Gasteiger charge is 2.12. The largest absolute Gasteiger partial charge is 0.476 e. The second-order valence-corrected chi connectivity index (χ2v) is 4.18. The van der Waals surface area contributed by atoms with Gasteiger partial charge in [-0.3, -0.25) is 0 Å². The van der Waals surface area contributed by atoms with Crippen LogP contribution in [-0.4, -0.2) is 26.5 Å². The number of H-pyrrole nitrogens is 1. The van der Waals surface area contributed by atoms with Crippen molar-refractivity contribution in [2.24, 2.45) is 0 Å². The normalized spacial score (nSPS) is 11.0. The minimum absolute atomic E-state index is 0.133. The predicted molar refractivity (Wildman–Crippen MR) is 68.7 cm³/mol. The Bertz CT molecular complexity index is 623. The number of nitrogens with zero attached hydrogens (tertiary/aromatic N) is 2. The van der Waals surface area contributed by atoms with Crippen molar-refractivity contribution in [1.29, 1.82) is 0 Å². The van der Waals surface area contributed by atoms with Crippen LogP contribution in [0.4, 0.5) is 0 Å². The first kappa shape index (κ1) is 12.6. The number of aromatic nitrogens is 3. The summed E-state index contributed by atoms with van der Waals surface area (Å²) in [7, 11) is 0. The summed E-state index contributed by atoms with van der Waals surface area (Å²) < 4.78 is 0. The molecule has 0 aliphatic rings. The molecule has 0 fully saturated rings. The highest BCUT2D eigenvalue weighted by atomic mass is 35.5. The Hall–Kier alpha value is -1.85. The summed E-state index contributed by atoms with van der Waals surface area (Å²) in [6.45, 7) is 0. The van der Waals surface area contributed by atoms with Crippen LogP contribution >= 0.6 is 23.2 Å². The Morgan fingerprint density at radius 3 is 2.67 bits per heavy atom. The first-order valence-electron chi connectivity index (χ1n) is 4.85. The van der Waals surface area contributed by atoms with Gasteiger partial charge < -0.3 is 5.11 Å². The van der Waals surface area contributed by atoms with Gasteiger partial charge in [-0.25, -0.2) is 4.79 Å².